The second-order valence-corrected chi connectivity index (χ2v) is 4.70. The molecule has 15 heavy (non-hydrogen) atoms. The predicted molar refractivity (Wildman–Crippen MR) is 62.6 cm³/mol. The van der Waals surface area contributed by atoms with Crippen LogP contribution in [0.3, 0.4) is 0 Å². The predicted octanol–water partition coefficient (Wildman–Crippen LogP) is 2.31. The molecule has 0 unspecified atom stereocenters. The molecule has 1 heterocycles. The first-order chi connectivity index (χ1) is 7.38. The molecule has 0 bridgehead atoms. The quantitative estimate of drug-likeness (QED) is 0.715. The van der Waals surface area contributed by atoms with Crippen molar-refractivity contribution in [2.75, 3.05) is 11.5 Å². The number of rotatable bonds is 5. The van der Waals surface area contributed by atoms with Gasteiger partial charge >= 0.3 is 0 Å². The van der Waals surface area contributed by atoms with E-state index in [4.69, 9.17) is 4.74 Å². The minimum absolute atomic E-state index is 0.385. The molecule has 1 fully saturated rings. The summed E-state index contributed by atoms with van der Waals surface area (Å²) < 4.78 is 5.76. The zero-order valence-corrected chi connectivity index (χ0v) is 9.33. The maximum Gasteiger partial charge on any atom is 0.120 e. The first-order valence-electron chi connectivity index (χ1n) is 5.15. The number of carbonyl (C=O) groups excluding carboxylic acids is 1. The van der Waals surface area contributed by atoms with Gasteiger partial charge in [-0.15, -0.1) is 0 Å². The van der Waals surface area contributed by atoms with Crippen molar-refractivity contribution in [3.8, 4) is 5.75 Å². The van der Waals surface area contributed by atoms with E-state index in [1.54, 1.807) is 0 Å². The molecule has 2 nitrogen and oxygen atoms in total. The van der Waals surface area contributed by atoms with Crippen LogP contribution in [0.15, 0.2) is 24.3 Å². The van der Waals surface area contributed by atoms with Crippen LogP contribution >= 0.6 is 11.8 Å². The topological polar surface area (TPSA) is 26.3 Å². The van der Waals surface area contributed by atoms with Crippen LogP contribution in [0.25, 0.3) is 0 Å². The lowest BCUT2D eigenvalue weighted by Gasteiger charge is -2.26. The summed E-state index contributed by atoms with van der Waals surface area (Å²) in [5, 5.41) is 0. The summed E-state index contributed by atoms with van der Waals surface area (Å²) in [4.78, 5) is 10.3. The number of hydrogen-bond donors (Lipinski definition) is 0. The fourth-order valence-electron chi connectivity index (χ4n) is 1.47. The highest BCUT2D eigenvalue weighted by atomic mass is 32.2. The summed E-state index contributed by atoms with van der Waals surface area (Å²) in [7, 11) is 0. The number of carbonyl (C=O) groups is 1. The first-order valence-corrected chi connectivity index (χ1v) is 6.31. The number of benzene rings is 1. The monoisotopic (exact) mass is 222 g/mol. The van der Waals surface area contributed by atoms with Crippen molar-refractivity contribution in [1.29, 1.82) is 0 Å². The van der Waals surface area contributed by atoms with Crippen LogP contribution in [-0.4, -0.2) is 23.9 Å². The first kappa shape index (κ1) is 10.6. The molecule has 1 aromatic carbocycles. The molecule has 1 aliphatic heterocycles. The van der Waals surface area contributed by atoms with Crippen LogP contribution in [-0.2, 0) is 11.2 Å². The average molecular weight is 222 g/mol. The van der Waals surface area contributed by atoms with Crippen LogP contribution in [0.2, 0.25) is 0 Å². The van der Waals surface area contributed by atoms with E-state index in [-0.39, 0.29) is 0 Å². The van der Waals surface area contributed by atoms with E-state index in [9.17, 15) is 4.79 Å². The van der Waals surface area contributed by atoms with Crippen molar-refractivity contribution in [2.45, 2.75) is 18.9 Å². The van der Waals surface area contributed by atoms with Crippen LogP contribution in [0.1, 0.15) is 12.0 Å². The molecule has 1 aliphatic rings. The highest BCUT2D eigenvalue weighted by Gasteiger charge is 2.19. The van der Waals surface area contributed by atoms with Gasteiger partial charge in [0.2, 0.25) is 0 Å². The third-order valence-electron chi connectivity index (χ3n) is 2.36. The molecule has 80 valence electrons. The van der Waals surface area contributed by atoms with Gasteiger partial charge < -0.3 is 9.53 Å². The van der Waals surface area contributed by atoms with Crippen molar-refractivity contribution >= 4 is 18.0 Å². The molecule has 2 rings (SSSR count). The zero-order valence-electron chi connectivity index (χ0n) is 8.52. The summed E-state index contributed by atoms with van der Waals surface area (Å²) in [6.07, 6.45) is 2.73. The number of aryl methyl sites for hydroxylation is 1. The minimum atomic E-state index is 0.385. The van der Waals surface area contributed by atoms with Gasteiger partial charge in [0.15, 0.2) is 0 Å². The lowest BCUT2D eigenvalue weighted by molar-refractivity contribution is -0.107. The molecule has 0 saturated carbocycles. The fourth-order valence-corrected chi connectivity index (χ4v) is 2.04. The van der Waals surface area contributed by atoms with E-state index in [1.165, 1.54) is 5.56 Å². The Kier molecular flexibility index (Phi) is 3.67. The molecular formula is C12H14O2S. The van der Waals surface area contributed by atoms with Crippen molar-refractivity contribution < 1.29 is 9.53 Å². The SMILES string of the molecule is O=CCCc1cccc(OC2CSC2)c1. The third kappa shape index (κ3) is 2.99. The summed E-state index contributed by atoms with van der Waals surface area (Å²) in [6, 6.07) is 8.03. The highest BCUT2D eigenvalue weighted by molar-refractivity contribution is 8.00. The van der Waals surface area contributed by atoms with Crippen LogP contribution in [0.5, 0.6) is 5.75 Å². The molecule has 0 aromatic heterocycles. The van der Waals surface area contributed by atoms with Crippen LogP contribution < -0.4 is 4.74 Å². The third-order valence-corrected chi connectivity index (χ3v) is 3.57. The molecule has 1 aromatic rings. The Balaban J connectivity index is 1.94. The Morgan fingerprint density at radius 1 is 1.47 bits per heavy atom. The summed E-state index contributed by atoms with van der Waals surface area (Å²) in [6.45, 7) is 0. The lowest BCUT2D eigenvalue weighted by atomic mass is 10.1. The van der Waals surface area contributed by atoms with Gasteiger partial charge in [0, 0.05) is 17.9 Å². The molecule has 0 spiro atoms. The number of thioether (sulfide) groups is 1. The van der Waals surface area contributed by atoms with E-state index >= 15 is 0 Å². The van der Waals surface area contributed by atoms with Gasteiger partial charge in [-0.2, -0.15) is 11.8 Å². The van der Waals surface area contributed by atoms with Crippen molar-refractivity contribution in [2.24, 2.45) is 0 Å². The van der Waals surface area contributed by atoms with Crippen molar-refractivity contribution in [3.63, 3.8) is 0 Å². The van der Waals surface area contributed by atoms with Crippen LogP contribution in [0.4, 0.5) is 0 Å². The Bertz CT molecular complexity index is 334. The zero-order chi connectivity index (χ0) is 10.5. The van der Waals surface area contributed by atoms with Crippen molar-refractivity contribution in [1.82, 2.24) is 0 Å². The van der Waals surface area contributed by atoms with Gasteiger partial charge in [-0.25, -0.2) is 0 Å². The summed E-state index contributed by atoms with van der Waals surface area (Å²) in [5.74, 6) is 3.13. The maximum atomic E-state index is 10.3. The molecule has 3 heteroatoms. The molecule has 0 atom stereocenters. The van der Waals surface area contributed by atoms with Gasteiger partial charge in [-0.1, -0.05) is 12.1 Å². The molecule has 0 N–H and O–H groups in total. The summed E-state index contributed by atoms with van der Waals surface area (Å²) >= 11 is 1.91. The van der Waals surface area contributed by atoms with E-state index in [1.807, 2.05) is 36.0 Å². The largest absolute Gasteiger partial charge is 0.489 e. The van der Waals surface area contributed by atoms with E-state index in [0.717, 1.165) is 30.0 Å². The molecule has 0 aliphatic carbocycles. The smallest absolute Gasteiger partial charge is 0.120 e. The number of hydrogen-bond acceptors (Lipinski definition) is 3. The lowest BCUT2D eigenvalue weighted by Crippen LogP contribution is -2.31. The van der Waals surface area contributed by atoms with Crippen molar-refractivity contribution in [3.05, 3.63) is 29.8 Å². The fraction of sp³-hybridized carbons (Fsp3) is 0.417. The van der Waals surface area contributed by atoms with E-state index in [0.29, 0.717) is 12.5 Å². The normalized spacial score (nSPS) is 15.7. The Morgan fingerprint density at radius 3 is 3.00 bits per heavy atom. The summed E-state index contributed by atoms with van der Waals surface area (Å²) in [5.41, 5.74) is 1.17. The Morgan fingerprint density at radius 2 is 2.33 bits per heavy atom. The molecule has 0 radical (unpaired) electrons. The van der Waals surface area contributed by atoms with Gasteiger partial charge in [-0.05, 0) is 24.1 Å². The Hall–Kier alpha value is -0.960. The van der Waals surface area contributed by atoms with E-state index in [2.05, 4.69) is 0 Å². The second-order valence-electron chi connectivity index (χ2n) is 3.63. The standard InChI is InChI=1S/C12H14O2S/c13-6-2-4-10-3-1-5-11(7-10)14-12-8-15-9-12/h1,3,5-7,12H,2,4,8-9H2. The molecule has 1 saturated heterocycles. The Labute approximate surface area is 94.0 Å². The minimum Gasteiger partial charge on any atom is -0.489 e. The van der Waals surface area contributed by atoms with Gasteiger partial charge in [0.25, 0.3) is 0 Å². The highest BCUT2D eigenvalue weighted by Crippen LogP contribution is 2.24. The van der Waals surface area contributed by atoms with Gasteiger partial charge in [-0.3, -0.25) is 0 Å². The number of ether oxygens (including phenoxy) is 1. The van der Waals surface area contributed by atoms with Crippen LogP contribution in [0, 0.1) is 0 Å². The number of aldehydes is 1. The van der Waals surface area contributed by atoms with E-state index < -0.39 is 0 Å². The second kappa shape index (κ2) is 5.21. The molecule has 0 amide bonds. The average Bonchev–Trinajstić information content (AvgIpc) is 2.21. The van der Waals surface area contributed by atoms with Gasteiger partial charge in [0.1, 0.15) is 18.1 Å². The maximum absolute atomic E-state index is 10.3. The van der Waals surface area contributed by atoms with Gasteiger partial charge in [0.05, 0.1) is 0 Å². The molecular weight excluding hydrogens is 208 g/mol.